The minimum atomic E-state index is -0.260. The zero-order chi connectivity index (χ0) is 14.8. The SMILES string of the molecule is NNC(c1cc(Cl)ccc1Cl)c1cccc2ncccc12. The van der Waals surface area contributed by atoms with Crippen molar-refractivity contribution in [1.29, 1.82) is 0 Å². The Morgan fingerprint density at radius 2 is 1.86 bits per heavy atom. The van der Waals surface area contributed by atoms with Crippen LogP contribution in [0.1, 0.15) is 17.2 Å². The lowest BCUT2D eigenvalue weighted by atomic mass is 9.95. The van der Waals surface area contributed by atoms with Gasteiger partial charge in [0, 0.05) is 21.6 Å². The number of aromatic nitrogens is 1. The zero-order valence-electron chi connectivity index (χ0n) is 11.1. The van der Waals surface area contributed by atoms with Gasteiger partial charge < -0.3 is 0 Å². The molecule has 0 aliphatic carbocycles. The van der Waals surface area contributed by atoms with E-state index in [1.807, 2.05) is 36.4 Å². The van der Waals surface area contributed by atoms with Gasteiger partial charge in [-0.15, -0.1) is 0 Å². The number of benzene rings is 2. The molecular weight excluding hydrogens is 305 g/mol. The molecule has 21 heavy (non-hydrogen) atoms. The van der Waals surface area contributed by atoms with Crippen molar-refractivity contribution in [2.24, 2.45) is 5.84 Å². The Hall–Kier alpha value is -1.65. The van der Waals surface area contributed by atoms with Crippen LogP contribution < -0.4 is 11.3 Å². The van der Waals surface area contributed by atoms with Crippen molar-refractivity contribution in [1.82, 2.24) is 10.4 Å². The second kappa shape index (κ2) is 6.00. The van der Waals surface area contributed by atoms with Crippen molar-refractivity contribution in [2.45, 2.75) is 6.04 Å². The maximum Gasteiger partial charge on any atom is 0.0731 e. The molecule has 5 heteroatoms. The molecule has 0 spiro atoms. The van der Waals surface area contributed by atoms with Crippen LogP contribution in [0.25, 0.3) is 10.9 Å². The van der Waals surface area contributed by atoms with Gasteiger partial charge in [-0.3, -0.25) is 10.8 Å². The largest absolute Gasteiger partial charge is 0.271 e. The Kier molecular flexibility index (Phi) is 4.08. The molecule has 0 amide bonds. The summed E-state index contributed by atoms with van der Waals surface area (Å²) in [6.07, 6.45) is 1.77. The van der Waals surface area contributed by atoms with Crippen LogP contribution in [0.3, 0.4) is 0 Å². The van der Waals surface area contributed by atoms with Crippen LogP contribution in [0, 0.1) is 0 Å². The predicted octanol–water partition coefficient (Wildman–Crippen LogP) is 4.09. The van der Waals surface area contributed by atoms with Crippen LogP contribution in [0.15, 0.2) is 54.7 Å². The number of pyridine rings is 1. The molecule has 0 aliphatic rings. The van der Waals surface area contributed by atoms with Gasteiger partial charge in [0.05, 0.1) is 11.6 Å². The maximum atomic E-state index is 6.30. The average molecular weight is 318 g/mol. The lowest BCUT2D eigenvalue weighted by Crippen LogP contribution is -2.29. The number of fused-ring (bicyclic) bond motifs is 1. The van der Waals surface area contributed by atoms with Gasteiger partial charge in [-0.25, -0.2) is 5.43 Å². The van der Waals surface area contributed by atoms with Gasteiger partial charge >= 0.3 is 0 Å². The van der Waals surface area contributed by atoms with E-state index in [2.05, 4.69) is 10.4 Å². The van der Waals surface area contributed by atoms with Crippen molar-refractivity contribution >= 4 is 34.1 Å². The highest BCUT2D eigenvalue weighted by atomic mass is 35.5. The molecule has 1 unspecified atom stereocenters. The molecule has 1 aromatic heterocycles. The Labute approximate surface area is 132 Å². The van der Waals surface area contributed by atoms with E-state index in [1.54, 1.807) is 18.3 Å². The van der Waals surface area contributed by atoms with Crippen molar-refractivity contribution in [3.8, 4) is 0 Å². The van der Waals surface area contributed by atoms with E-state index in [-0.39, 0.29) is 6.04 Å². The molecule has 3 rings (SSSR count). The number of rotatable bonds is 3. The zero-order valence-corrected chi connectivity index (χ0v) is 12.6. The summed E-state index contributed by atoms with van der Waals surface area (Å²) in [5, 5.41) is 2.26. The third-order valence-electron chi connectivity index (χ3n) is 3.43. The summed E-state index contributed by atoms with van der Waals surface area (Å²) in [7, 11) is 0. The smallest absolute Gasteiger partial charge is 0.0731 e. The summed E-state index contributed by atoms with van der Waals surface area (Å²) < 4.78 is 0. The first kappa shape index (κ1) is 14.3. The molecule has 1 atom stereocenters. The molecular formula is C16H13Cl2N3. The normalized spacial score (nSPS) is 12.5. The Balaban J connectivity index is 2.21. The van der Waals surface area contributed by atoms with Crippen LogP contribution in [-0.2, 0) is 0 Å². The predicted molar refractivity (Wildman–Crippen MR) is 87.4 cm³/mol. The van der Waals surface area contributed by atoms with E-state index >= 15 is 0 Å². The fraction of sp³-hybridized carbons (Fsp3) is 0.0625. The van der Waals surface area contributed by atoms with Crippen molar-refractivity contribution in [3.63, 3.8) is 0 Å². The second-order valence-electron chi connectivity index (χ2n) is 4.68. The Morgan fingerprint density at radius 1 is 1.00 bits per heavy atom. The summed E-state index contributed by atoms with van der Waals surface area (Å²) in [5.74, 6) is 5.77. The molecule has 0 saturated heterocycles. The minimum absolute atomic E-state index is 0.260. The van der Waals surface area contributed by atoms with Gasteiger partial charge in [0.2, 0.25) is 0 Å². The monoisotopic (exact) mass is 317 g/mol. The van der Waals surface area contributed by atoms with E-state index in [0.29, 0.717) is 10.0 Å². The molecule has 106 valence electrons. The lowest BCUT2D eigenvalue weighted by molar-refractivity contribution is 0.641. The van der Waals surface area contributed by atoms with Gasteiger partial charge in [0.25, 0.3) is 0 Å². The number of hydrogen-bond acceptors (Lipinski definition) is 3. The molecule has 0 saturated carbocycles. The van der Waals surface area contributed by atoms with Gasteiger partial charge in [0.15, 0.2) is 0 Å². The third-order valence-corrected chi connectivity index (χ3v) is 4.01. The average Bonchev–Trinajstić information content (AvgIpc) is 2.51. The first-order valence-corrected chi connectivity index (χ1v) is 7.21. The van der Waals surface area contributed by atoms with Crippen molar-refractivity contribution < 1.29 is 0 Å². The van der Waals surface area contributed by atoms with Gasteiger partial charge in [-0.05, 0) is 41.5 Å². The second-order valence-corrected chi connectivity index (χ2v) is 5.53. The van der Waals surface area contributed by atoms with Gasteiger partial charge in [-0.2, -0.15) is 0 Å². The summed E-state index contributed by atoms with van der Waals surface area (Å²) in [5.41, 5.74) is 5.58. The fourth-order valence-corrected chi connectivity index (χ4v) is 2.87. The molecule has 2 aromatic carbocycles. The number of nitrogens with zero attached hydrogens (tertiary/aromatic N) is 1. The molecule has 3 aromatic rings. The highest BCUT2D eigenvalue weighted by Crippen LogP contribution is 2.33. The number of hydrogen-bond donors (Lipinski definition) is 2. The molecule has 1 heterocycles. The van der Waals surface area contributed by atoms with E-state index in [0.717, 1.165) is 22.0 Å². The first-order valence-electron chi connectivity index (χ1n) is 6.45. The fourth-order valence-electron chi connectivity index (χ4n) is 2.46. The molecule has 0 aliphatic heterocycles. The number of hydrazine groups is 1. The van der Waals surface area contributed by atoms with E-state index in [9.17, 15) is 0 Å². The van der Waals surface area contributed by atoms with Crippen LogP contribution in [0.5, 0.6) is 0 Å². The van der Waals surface area contributed by atoms with Crippen LogP contribution in [0.2, 0.25) is 10.0 Å². The van der Waals surface area contributed by atoms with E-state index in [1.165, 1.54) is 0 Å². The lowest BCUT2D eigenvalue weighted by Gasteiger charge is -2.20. The van der Waals surface area contributed by atoms with E-state index in [4.69, 9.17) is 29.0 Å². The minimum Gasteiger partial charge on any atom is -0.271 e. The maximum absolute atomic E-state index is 6.30. The number of nitrogens with one attached hydrogen (secondary N) is 1. The molecule has 3 nitrogen and oxygen atoms in total. The summed E-state index contributed by atoms with van der Waals surface area (Å²) >= 11 is 12.4. The highest BCUT2D eigenvalue weighted by Gasteiger charge is 2.18. The van der Waals surface area contributed by atoms with Crippen LogP contribution in [0.4, 0.5) is 0 Å². The summed E-state index contributed by atoms with van der Waals surface area (Å²) in [4.78, 5) is 4.36. The van der Waals surface area contributed by atoms with Crippen LogP contribution in [-0.4, -0.2) is 4.98 Å². The van der Waals surface area contributed by atoms with Crippen LogP contribution >= 0.6 is 23.2 Å². The van der Waals surface area contributed by atoms with Crippen molar-refractivity contribution in [2.75, 3.05) is 0 Å². The molecule has 0 fully saturated rings. The Bertz CT molecular complexity index is 784. The quantitative estimate of drug-likeness (QED) is 0.565. The third kappa shape index (κ3) is 2.74. The van der Waals surface area contributed by atoms with Crippen molar-refractivity contribution in [3.05, 3.63) is 75.9 Å². The standard InChI is InChI=1S/C16H13Cl2N3/c17-10-6-7-14(18)13(9-10)16(21-19)12-3-1-5-15-11(12)4-2-8-20-15/h1-9,16,21H,19H2. The van der Waals surface area contributed by atoms with Gasteiger partial charge in [-0.1, -0.05) is 41.4 Å². The topological polar surface area (TPSA) is 50.9 Å². The Morgan fingerprint density at radius 3 is 2.67 bits per heavy atom. The molecule has 0 radical (unpaired) electrons. The first-order chi connectivity index (χ1) is 10.2. The molecule has 3 N–H and O–H groups in total. The van der Waals surface area contributed by atoms with E-state index < -0.39 is 0 Å². The summed E-state index contributed by atoms with van der Waals surface area (Å²) in [6.45, 7) is 0. The number of halogens is 2. The van der Waals surface area contributed by atoms with Gasteiger partial charge in [0.1, 0.15) is 0 Å². The molecule has 0 bridgehead atoms. The summed E-state index contributed by atoms with van der Waals surface area (Å²) in [6, 6.07) is 14.9. The highest BCUT2D eigenvalue weighted by molar-refractivity contribution is 6.33. The number of nitrogens with two attached hydrogens (primary N) is 1.